The molecule has 118 valence electrons. The van der Waals surface area contributed by atoms with Gasteiger partial charge in [-0.3, -0.25) is 4.79 Å². The Morgan fingerprint density at radius 3 is 2.29 bits per heavy atom. The van der Waals surface area contributed by atoms with Crippen LogP contribution < -0.4 is 16.0 Å². The van der Waals surface area contributed by atoms with Crippen molar-refractivity contribution in [3.8, 4) is 0 Å². The molecule has 1 rings (SSSR count). The summed E-state index contributed by atoms with van der Waals surface area (Å²) in [6.45, 7) is 11.0. The molecule has 0 radical (unpaired) electrons. The summed E-state index contributed by atoms with van der Waals surface area (Å²) >= 11 is 0. The van der Waals surface area contributed by atoms with Gasteiger partial charge in [0.25, 0.3) is 0 Å². The van der Waals surface area contributed by atoms with Crippen molar-refractivity contribution in [3.05, 3.63) is 11.9 Å². The zero-order valence-electron chi connectivity index (χ0n) is 13.7. The number of anilines is 2. The lowest BCUT2D eigenvalue weighted by Gasteiger charge is -2.21. The summed E-state index contributed by atoms with van der Waals surface area (Å²) in [5, 5.41) is 9.27. The van der Waals surface area contributed by atoms with E-state index < -0.39 is 0 Å². The number of carbonyl (C=O) groups is 1. The first-order valence-corrected chi connectivity index (χ1v) is 7.50. The molecule has 0 fully saturated rings. The fraction of sp³-hybridized carbons (Fsp3) is 0.667. The van der Waals surface area contributed by atoms with E-state index in [1.165, 1.54) is 6.33 Å². The maximum absolute atomic E-state index is 11.9. The molecule has 0 unspecified atom stereocenters. The monoisotopic (exact) mass is 293 g/mol. The van der Waals surface area contributed by atoms with Gasteiger partial charge in [-0.1, -0.05) is 13.3 Å². The lowest BCUT2D eigenvalue weighted by molar-refractivity contribution is -0.120. The van der Waals surface area contributed by atoms with Crippen molar-refractivity contribution in [1.82, 2.24) is 15.3 Å². The van der Waals surface area contributed by atoms with E-state index in [1.807, 2.05) is 27.7 Å². The first kappa shape index (κ1) is 17.2. The number of hydrogen-bond acceptors (Lipinski definition) is 5. The van der Waals surface area contributed by atoms with E-state index in [0.717, 1.165) is 36.6 Å². The summed E-state index contributed by atoms with van der Waals surface area (Å²) in [7, 11) is 0. The third-order valence-corrected chi connectivity index (χ3v) is 2.72. The van der Waals surface area contributed by atoms with Crippen LogP contribution in [0.15, 0.2) is 6.33 Å². The highest BCUT2D eigenvalue weighted by atomic mass is 16.2. The summed E-state index contributed by atoms with van der Waals surface area (Å²) in [5.41, 5.74) is 0.802. The van der Waals surface area contributed by atoms with E-state index in [2.05, 4.69) is 32.8 Å². The van der Waals surface area contributed by atoms with Gasteiger partial charge in [0.2, 0.25) is 5.91 Å². The van der Waals surface area contributed by atoms with Gasteiger partial charge in [0, 0.05) is 17.6 Å². The zero-order chi connectivity index (χ0) is 15.9. The van der Waals surface area contributed by atoms with Crippen molar-refractivity contribution in [2.75, 3.05) is 23.7 Å². The fourth-order valence-electron chi connectivity index (χ4n) is 2.00. The molecule has 0 aliphatic rings. The Morgan fingerprint density at radius 2 is 1.76 bits per heavy atom. The van der Waals surface area contributed by atoms with Gasteiger partial charge < -0.3 is 16.0 Å². The number of carbonyl (C=O) groups excluding carboxylic acids is 1. The molecule has 1 aromatic rings. The summed E-state index contributed by atoms with van der Waals surface area (Å²) in [6, 6.07) is 0. The topological polar surface area (TPSA) is 78.9 Å². The van der Waals surface area contributed by atoms with Gasteiger partial charge >= 0.3 is 0 Å². The molecule has 21 heavy (non-hydrogen) atoms. The van der Waals surface area contributed by atoms with Crippen molar-refractivity contribution in [2.24, 2.45) is 0 Å². The van der Waals surface area contributed by atoms with Crippen LogP contribution in [0, 0.1) is 0 Å². The Balaban J connectivity index is 2.78. The fourth-order valence-corrected chi connectivity index (χ4v) is 2.00. The second-order valence-corrected chi connectivity index (χ2v) is 5.98. The molecule has 0 aromatic carbocycles. The molecule has 3 N–H and O–H groups in total. The van der Waals surface area contributed by atoms with Crippen LogP contribution in [0.25, 0.3) is 0 Å². The minimum atomic E-state index is -0.231. The lowest BCUT2D eigenvalue weighted by Crippen LogP contribution is -2.43. The number of hydrogen-bond donors (Lipinski definition) is 3. The molecular formula is C15H27N5O. The van der Waals surface area contributed by atoms with E-state index in [4.69, 9.17) is 0 Å². The first-order chi connectivity index (χ1) is 9.87. The van der Waals surface area contributed by atoms with E-state index in [-0.39, 0.29) is 18.0 Å². The largest absolute Gasteiger partial charge is 0.370 e. The third kappa shape index (κ3) is 5.97. The average Bonchev–Trinajstić information content (AvgIpc) is 2.37. The van der Waals surface area contributed by atoms with Gasteiger partial charge in [0.1, 0.15) is 18.0 Å². The summed E-state index contributed by atoms with van der Waals surface area (Å²) in [5.74, 6) is 1.52. The molecule has 1 aromatic heterocycles. The number of amides is 1. The lowest BCUT2D eigenvalue weighted by atomic mass is 10.1. The second-order valence-electron chi connectivity index (χ2n) is 5.98. The molecular weight excluding hydrogens is 266 g/mol. The van der Waals surface area contributed by atoms with Crippen LogP contribution in [0.2, 0.25) is 0 Å². The highest BCUT2D eigenvalue weighted by Crippen LogP contribution is 2.21. The number of aromatic nitrogens is 2. The standard InChI is InChI=1S/C15H27N5O/c1-6-8-11-13(16-7-2)18-10-19-14(11)17-9-12(21)20-15(3,4)5/h10H,6-9H2,1-5H3,(H,20,21)(H2,16,17,18,19). The Hall–Kier alpha value is -1.85. The maximum Gasteiger partial charge on any atom is 0.239 e. The number of nitrogens with one attached hydrogen (secondary N) is 3. The van der Waals surface area contributed by atoms with Gasteiger partial charge in [-0.2, -0.15) is 0 Å². The van der Waals surface area contributed by atoms with Crippen molar-refractivity contribution >= 4 is 17.5 Å². The molecule has 0 aliphatic carbocycles. The molecule has 0 bridgehead atoms. The van der Waals surface area contributed by atoms with Crippen LogP contribution in [0.4, 0.5) is 11.6 Å². The number of rotatable bonds is 7. The molecule has 6 heteroatoms. The molecule has 0 saturated heterocycles. The quantitative estimate of drug-likeness (QED) is 0.718. The average molecular weight is 293 g/mol. The van der Waals surface area contributed by atoms with Gasteiger partial charge in [-0.15, -0.1) is 0 Å². The highest BCUT2D eigenvalue weighted by Gasteiger charge is 2.15. The Labute approximate surface area is 127 Å². The van der Waals surface area contributed by atoms with Gasteiger partial charge in [-0.25, -0.2) is 9.97 Å². The molecule has 0 atom stereocenters. The predicted octanol–water partition coefficient (Wildman–Crippen LogP) is 2.19. The van der Waals surface area contributed by atoms with Crippen LogP contribution in [0.5, 0.6) is 0 Å². The number of nitrogens with zero attached hydrogens (tertiary/aromatic N) is 2. The summed E-state index contributed by atoms with van der Waals surface area (Å²) < 4.78 is 0. The minimum absolute atomic E-state index is 0.0476. The Bertz CT molecular complexity index is 468. The summed E-state index contributed by atoms with van der Waals surface area (Å²) in [6.07, 6.45) is 3.38. The first-order valence-electron chi connectivity index (χ1n) is 7.50. The predicted molar refractivity (Wildman–Crippen MR) is 86.6 cm³/mol. The van der Waals surface area contributed by atoms with E-state index in [0.29, 0.717) is 0 Å². The minimum Gasteiger partial charge on any atom is -0.370 e. The van der Waals surface area contributed by atoms with E-state index in [9.17, 15) is 4.79 Å². The maximum atomic E-state index is 11.9. The molecule has 0 spiro atoms. The normalized spacial score (nSPS) is 11.1. The molecule has 6 nitrogen and oxygen atoms in total. The van der Waals surface area contributed by atoms with Gasteiger partial charge in [0.05, 0.1) is 6.54 Å². The van der Waals surface area contributed by atoms with Crippen LogP contribution >= 0.6 is 0 Å². The van der Waals surface area contributed by atoms with Crippen LogP contribution in [0.3, 0.4) is 0 Å². The van der Waals surface area contributed by atoms with Gasteiger partial charge in [-0.05, 0) is 34.1 Å². The van der Waals surface area contributed by atoms with Crippen molar-refractivity contribution in [2.45, 2.75) is 53.0 Å². The van der Waals surface area contributed by atoms with Crippen LogP contribution in [-0.2, 0) is 11.2 Å². The van der Waals surface area contributed by atoms with E-state index in [1.54, 1.807) is 0 Å². The van der Waals surface area contributed by atoms with Crippen molar-refractivity contribution < 1.29 is 4.79 Å². The van der Waals surface area contributed by atoms with Crippen LogP contribution in [-0.4, -0.2) is 34.5 Å². The van der Waals surface area contributed by atoms with Crippen LogP contribution in [0.1, 0.15) is 46.6 Å². The summed E-state index contributed by atoms with van der Waals surface area (Å²) in [4.78, 5) is 20.4. The SMILES string of the molecule is CCCc1c(NCC)ncnc1NCC(=O)NC(C)(C)C. The second kappa shape index (κ2) is 7.81. The molecule has 0 aliphatic heterocycles. The van der Waals surface area contributed by atoms with Crippen molar-refractivity contribution in [1.29, 1.82) is 0 Å². The Kier molecular flexibility index (Phi) is 6.39. The molecule has 1 heterocycles. The zero-order valence-corrected chi connectivity index (χ0v) is 13.7. The van der Waals surface area contributed by atoms with E-state index >= 15 is 0 Å². The van der Waals surface area contributed by atoms with Crippen molar-refractivity contribution in [3.63, 3.8) is 0 Å². The highest BCUT2D eigenvalue weighted by molar-refractivity contribution is 5.81. The van der Waals surface area contributed by atoms with Gasteiger partial charge in [0.15, 0.2) is 0 Å². The smallest absolute Gasteiger partial charge is 0.239 e. The molecule has 1 amide bonds. The Morgan fingerprint density at radius 1 is 1.14 bits per heavy atom. The molecule has 0 saturated carbocycles. The third-order valence-electron chi connectivity index (χ3n) is 2.72.